The fourth-order valence-corrected chi connectivity index (χ4v) is 3.52. The second-order valence-corrected chi connectivity index (χ2v) is 6.77. The monoisotopic (exact) mass is 376 g/mol. The van der Waals surface area contributed by atoms with Crippen molar-refractivity contribution in [2.75, 3.05) is 14.2 Å². The van der Waals surface area contributed by atoms with Gasteiger partial charge in [0.15, 0.2) is 17.8 Å². The number of methoxy groups -OCH3 is 2. The molecule has 0 fully saturated rings. The van der Waals surface area contributed by atoms with E-state index in [1.54, 1.807) is 14.2 Å². The van der Waals surface area contributed by atoms with Gasteiger partial charge in [0.05, 0.1) is 7.11 Å². The molecule has 1 aliphatic heterocycles. The number of ether oxygens (including phenoxy) is 4. The minimum atomic E-state index is -0.293. The number of rotatable bonds is 6. The maximum Gasteiger partial charge on any atom is 0.162 e. The Kier molecular flexibility index (Phi) is 5.60. The van der Waals surface area contributed by atoms with Gasteiger partial charge in [-0.1, -0.05) is 60.7 Å². The summed E-state index contributed by atoms with van der Waals surface area (Å²) in [5.74, 6) is 1.43. The van der Waals surface area contributed by atoms with Crippen LogP contribution in [0, 0.1) is 0 Å². The van der Waals surface area contributed by atoms with Crippen molar-refractivity contribution in [3.63, 3.8) is 0 Å². The minimum absolute atomic E-state index is 0.208. The smallest absolute Gasteiger partial charge is 0.162 e. The zero-order valence-electron chi connectivity index (χ0n) is 16.1. The Morgan fingerprint density at radius 2 is 1.61 bits per heavy atom. The Bertz CT molecular complexity index is 909. The van der Waals surface area contributed by atoms with Gasteiger partial charge in [-0.2, -0.15) is 0 Å². The van der Waals surface area contributed by atoms with Crippen molar-refractivity contribution >= 4 is 0 Å². The third-order valence-corrected chi connectivity index (χ3v) is 4.98. The number of fused-ring (bicyclic) bond motifs is 1. The van der Waals surface area contributed by atoms with E-state index in [1.165, 1.54) is 0 Å². The lowest BCUT2D eigenvalue weighted by Gasteiger charge is -2.32. The second kappa shape index (κ2) is 8.46. The van der Waals surface area contributed by atoms with Gasteiger partial charge in [-0.15, -0.1) is 0 Å². The Hall–Kier alpha value is -2.82. The lowest BCUT2D eigenvalue weighted by Crippen LogP contribution is -2.28. The van der Waals surface area contributed by atoms with Crippen LogP contribution >= 0.6 is 0 Å². The van der Waals surface area contributed by atoms with Crippen LogP contribution in [0.15, 0.2) is 72.8 Å². The Labute approximate surface area is 165 Å². The Balaban J connectivity index is 1.70. The van der Waals surface area contributed by atoms with Gasteiger partial charge in [0.1, 0.15) is 12.7 Å². The molecule has 0 bridgehead atoms. The summed E-state index contributed by atoms with van der Waals surface area (Å²) in [5, 5.41) is 0. The van der Waals surface area contributed by atoms with E-state index in [-0.39, 0.29) is 12.4 Å². The number of hydrogen-bond donors (Lipinski definition) is 0. The lowest BCUT2D eigenvalue weighted by molar-refractivity contribution is -0.153. The van der Waals surface area contributed by atoms with Crippen LogP contribution in [-0.4, -0.2) is 20.5 Å². The van der Waals surface area contributed by atoms with Crippen LogP contribution in [0.25, 0.3) is 0 Å². The van der Waals surface area contributed by atoms with E-state index < -0.39 is 0 Å². The third kappa shape index (κ3) is 3.88. The highest BCUT2D eigenvalue weighted by molar-refractivity contribution is 5.51. The molecule has 4 heteroatoms. The van der Waals surface area contributed by atoms with Gasteiger partial charge in [-0.25, -0.2) is 0 Å². The van der Waals surface area contributed by atoms with E-state index in [4.69, 9.17) is 18.9 Å². The van der Waals surface area contributed by atoms with E-state index in [9.17, 15) is 0 Å². The van der Waals surface area contributed by atoms with Crippen LogP contribution in [0.2, 0.25) is 0 Å². The predicted molar refractivity (Wildman–Crippen MR) is 108 cm³/mol. The molecule has 0 radical (unpaired) electrons. The zero-order chi connectivity index (χ0) is 19.3. The summed E-state index contributed by atoms with van der Waals surface area (Å²) < 4.78 is 23.4. The summed E-state index contributed by atoms with van der Waals surface area (Å²) in [6.45, 7) is 0.480. The summed E-state index contributed by atoms with van der Waals surface area (Å²) in [4.78, 5) is 0. The average molecular weight is 376 g/mol. The van der Waals surface area contributed by atoms with E-state index in [2.05, 4.69) is 12.1 Å². The van der Waals surface area contributed by atoms with Gasteiger partial charge in [0, 0.05) is 13.5 Å². The normalized spacial score (nSPS) is 18.4. The van der Waals surface area contributed by atoms with Crippen molar-refractivity contribution in [3.05, 3.63) is 95.1 Å². The molecular formula is C24H24O4. The van der Waals surface area contributed by atoms with E-state index in [1.807, 2.05) is 60.7 Å². The first kappa shape index (κ1) is 18.5. The van der Waals surface area contributed by atoms with Gasteiger partial charge in [0.25, 0.3) is 0 Å². The topological polar surface area (TPSA) is 36.9 Å². The molecule has 0 unspecified atom stereocenters. The predicted octanol–water partition coefficient (Wildman–Crippen LogP) is 4.91. The van der Waals surface area contributed by atoms with E-state index in [0.29, 0.717) is 18.8 Å². The SMILES string of the molecule is COc1cc2c(cc1OCc1ccccc1)[C@@H](c1ccccc1)O[C@H](OC)C2. The van der Waals surface area contributed by atoms with Gasteiger partial charge in [0.2, 0.25) is 0 Å². The molecule has 0 aromatic heterocycles. The summed E-state index contributed by atoms with van der Waals surface area (Å²) in [5.41, 5.74) is 4.43. The highest BCUT2D eigenvalue weighted by atomic mass is 16.7. The van der Waals surface area contributed by atoms with Crippen molar-refractivity contribution in [1.29, 1.82) is 0 Å². The molecule has 144 valence electrons. The Morgan fingerprint density at radius 3 is 2.29 bits per heavy atom. The molecule has 0 spiro atoms. The highest BCUT2D eigenvalue weighted by Crippen LogP contribution is 2.41. The van der Waals surface area contributed by atoms with Crippen molar-refractivity contribution in [2.45, 2.75) is 25.4 Å². The molecular weight excluding hydrogens is 352 g/mol. The van der Waals surface area contributed by atoms with Crippen molar-refractivity contribution in [1.82, 2.24) is 0 Å². The van der Waals surface area contributed by atoms with E-state index in [0.717, 1.165) is 28.0 Å². The summed E-state index contributed by atoms with van der Waals surface area (Å²) in [6, 6.07) is 24.4. The molecule has 2 atom stereocenters. The third-order valence-electron chi connectivity index (χ3n) is 4.98. The van der Waals surface area contributed by atoms with Crippen molar-refractivity contribution < 1.29 is 18.9 Å². The highest BCUT2D eigenvalue weighted by Gasteiger charge is 2.30. The van der Waals surface area contributed by atoms with Crippen LogP contribution in [0.4, 0.5) is 0 Å². The maximum absolute atomic E-state index is 6.22. The molecule has 0 N–H and O–H groups in total. The quantitative estimate of drug-likeness (QED) is 0.613. The Morgan fingerprint density at radius 1 is 0.893 bits per heavy atom. The summed E-state index contributed by atoms with van der Waals surface area (Å²) in [7, 11) is 3.34. The van der Waals surface area contributed by atoms with Crippen molar-refractivity contribution in [3.8, 4) is 11.5 Å². The standard InChI is InChI=1S/C24H24O4/c1-25-21-13-19-14-23(26-2)28-24(18-11-7-4-8-12-18)20(19)15-22(21)27-16-17-9-5-3-6-10-17/h3-13,15,23-24H,14,16H2,1-2H3/t23-,24+/m0/s1. The zero-order valence-corrected chi connectivity index (χ0v) is 16.1. The lowest BCUT2D eigenvalue weighted by atomic mass is 9.92. The molecule has 0 amide bonds. The number of hydrogen-bond acceptors (Lipinski definition) is 4. The van der Waals surface area contributed by atoms with Crippen LogP contribution in [0.5, 0.6) is 11.5 Å². The molecule has 0 saturated heterocycles. The fraction of sp³-hybridized carbons (Fsp3) is 0.250. The molecule has 4 nitrogen and oxygen atoms in total. The molecule has 3 aromatic rings. The molecule has 1 aliphatic rings. The molecule has 28 heavy (non-hydrogen) atoms. The molecule has 4 rings (SSSR count). The van der Waals surface area contributed by atoms with Gasteiger partial charge in [-0.3, -0.25) is 0 Å². The maximum atomic E-state index is 6.22. The largest absolute Gasteiger partial charge is 0.493 e. The first-order valence-electron chi connectivity index (χ1n) is 9.39. The molecule has 0 saturated carbocycles. The fourth-order valence-electron chi connectivity index (χ4n) is 3.52. The second-order valence-electron chi connectivity index (χ2n) is 6.77. The van der Waals surface area contributed by atoms with E-state index >= 15 is 0 Å². The first-order chi connectivity index (χ1) is 13.8. The molecule has 1 heterocycles. The van der Waals surface area contributed by atoms with Crippen LogP contribution in [-0.2, 0) is 22.5 Å². The van der Waals surface area contributed by atoms with Crippen molar-refractivity contribution in [2.24, 2.45) is 0 Å². The first-order valence-corrected chi connectivity index (χ1v) is 9.39. The van der Waals surface area contributed by atoms with Crippen LogP contribution in [0.1, 0.15) is 28.4 Å². The molecule has 0 aliphatic carbocycles. The summed E-state index contributed by atoms with van der Waals surface area (Å²) >= 11 is 0. The summed E-state index contributed by atoms with van der Waals surface area (Å²) in [6.07, 6.45) is 0.170. The minimum Gasteiger partial charge on any atom is -0.493 e. The molecule has 3 aromatic carbocycles. The average Bonchev–Trinajstić information content (AvgIpc) is 2.77. The van der Waals surface area contributed by atoms with Gasteiger partial charge < -0.3 is 18.9 Å². The van der Waals surface area contributed by atoms with Crippen LogP contribution in [0.3, 0.4) is 0 Å². The van der Waals surface area contributed by atoms with Crippen LogP contribution < -0.4 is 9.47 Å². The number of benzene rings is 3. The van der Waals surface area contributed by atoms with Gasteiger partial charge >= 0.3 is 0 Å². The van der Waals surface area contributed by atoms with Gasteiger partial charge in [-0.05, 0) is 34.4 Å².